The lowest BCUT2D eigenvalue weighted by atomic mass is 10.0. The standard InChI is InChI=1S/C23H22FN3O5/c1-14-6-7-19(20(10-14)30-2)31-13-17-12-18(26-32-17)23(29)27-9-8-25-22(28)21(27)15-4-3-5-16(24)11-15/h3-7,10-12,21H,8-9,13H2,1-2H3,(H,25,28). The molecule has 1 aromatic heterocycles. The van der Waals surface area contributed by atoms with Crippen LogP contribution in [0.4, 0.5) is 4.39 Å². The summed E-state index contributed by atoms with van der Waals surface area (Å²) in [6.45, 7) is 2.52. The number of nitrogens with zero attached hydrogens (tertiary/aromatic N) is 2. The molecule has 8 nitrogen and oxygen atoms in total. The highest BCUT2D eigenvalue weighted by Crippen LogP contribution is 2.29. The van der Waals surface area contributed by atoms with Crippen LogP contribution in [0.1, 0.15) is 33.4 Å². The van der Waals surface area contributed by atoms with Gasteiger partial charge in [-0.05, 0) is 42.3 Å². The van der Waals surface area contributed by atoms with Crippen LogP contribution in [0.5, 0.6) is 11.5 Å². The summed E-state index contributed by atoms with van der Waals surface area (Å²) in [5.74, 6) is 0.0884. The van der Waals surface area contributed by atoms with E-state index in [0.717, 1.165) is 5.56 Å². The van der Waals surface area contributed by atoms with Crippen LogP contribution in [-0.2, 0) is 11.4 Å². The van der Waals surface area contributed by atoms with Crippen molar-refractivity contribution in [3.05, 3.63) is 76.9 Å². The summed E-state index contributed by atoms with van der Waals surface area (Å²) in [4.78, 5) is 27.0. The largest absolute Gasteiger partial charge is 0.493 e. The van der Waals surface area contributed by atoms with Crippen molar-refractivity contribution in [1.82, 2.24) is 15.4 Å². The Morgan fingerprint density at radius 3 is 2.88 bits per heavy atom. The molecular weight excluding hydrogens is 417 g/mol. The first-order valence-electron chi connectivity index (χ1n) is 10.0. The molecule has 0 saturated carbocycles. The summed E-state index contributed by atoms with van der Waals surface area (Å²) in [6.07, 6.45) is 0. The molecule has 32 heavy (non-hydrogen) atoms. The van der Waals surface area contributed by atoms with Gasteiger partial charge in [0.1, 0.15) is 18.5 Å². The van der Waals surface area contributed by atoms with Gasteiger partial charge in [-0.15, -0.1) is 0 Å². The van der Waals surface area contributed by atoms with E-state index in [4.69, 9.17) is 14.0 Å². The van der Waals surface area contributed by atoms with Gasteiger partial charge < -0.3 is 24.2 Å². The Morgan fingerprint density at radius 1 is 1.25 bits per heavy atom. The molecule has 1 fully saturated rings. The highest BCUT2D eigenvalue weighted by atomic mass is 19.1. The first kappa shape index (κ1) is 21.4. The Bertz CT molecular complexity index is 1150. The van der Waals surface area contributed by atoms with Gasteiger partial charge in [0, 0.05) is 19.2 Å². The molecule has 3 aromatic rings. The summed E-state index contributed by atoms with van der Waals surface area (Å²) in [5, 5.41) is 6.56. The van der Waals surface area contributed by atoms with Crippen LogP contribution in [0.25, 0.3) is 0 Å². The Labute approximate surface area is 183 Å². The van der Waals surface area contributed by atoms with E-state index < -0.39 is 17.8 Å². The minimum atomic E-state index is -0.958. The van der Waals surface area contributed by atoms with Crippen molar-refractivity contribution in [3.8, 4) is 11.5 Å². The minimum absolute atomic E-state index is 0.0352. The zero-order chi connectivity index (χ0) is 22.7. The number of rotatable bonds is 6. The van der Waals surface area contributed by atoms with E-state index in [1.165, 1.54) is 29.2 Å². The summed E-state index contributed by atoms with van der Waals surface area (Å²) >= 11 is 0. The number of hydrogen-bond acceptors (Lipinski definition) is 6. The SMILES string of the molecule is COc1cc(C)ccc1OCc1cc(C(=O)N2CCNC(=O)C2c2cccc(F)c2)no1. The number of piperazine rings is 1. The summed E-state index contributed by atoms with van der Waals surface area (Å²) in [5.41, 5.74) is 1.45. The second-order valence-electron chi connectivity index (χ2n) is 7.37. The number of halogens is 1. The molecule has 0 bridgehead atoms. The fraction of sp³-hybridized carbons (Fsp3) is 0.261. The Morgan fingerprint density at radius 2 is 2.09 bits per heavy atom. The highest BCUT2D eigenvalue weighted by Gasteiger charge is 2.36. The number of benzene rings is 2. The van der Waals surface area contributed by atoms with E-state index in [-0.39, 0.29) is 31.3 Å². The molecule has 2 heterocycles. The number of aromatic nitrogens is 1. The molecule has 0 aliphatic carbocycles. The monoisotopic (exact) mass is 439 g/mol. The van der Waals surface area contributed by atoms with Crippen LogP contribution in [0, 0.1) is 12.7 Å². The summed E-state index contributed by atoms with van der Waals surface area (Å²) in [7, 11) is 1.55. The molecule has 9 heteroatoms. The molecule has 1 saturated heterocycles. The van der Waals surface area contributed by atoms with Crippen molar-refractivity contribution in [2.45, 2.75) is 19.6 Å². The van der Waals surface area contributed by atoms with Gasteiger partial charge in [-0.1, -0.05) is 23.4 Å². The molecule has 4 rings (SSSR count). The highest BCUT2D eigenvalue weighted by molar-refractivity contribution is 5.97. The number of hydrogen-bond donors (Lipinski definition) is 1. The molecule has 1 N–H and O–H groups in total. The molecule has 2 amide bonds. The van der Waals surface area contributed by atoms with E-state index >= 15 is 0 Å². The Balaban J connectivity index is 1.50. The maximum Gasteiger partial charge on any atom is 0.277 e. The Kier molecular flexibility index (Phi) is 6.07. The summed E-state index contributed by atoms with van der Waals surface area (Å²) < 4.78 is 30.0. The van der Waals surface area contributed by atoms with Crippen LogP contribution in [0.15, 0.2) is 53.1 Å². The molecule has 0 spiro atoms. The van der Waals surface area contributed by atoms with Crippen LogP contribution in [0.2, 0.25) is 0 Å². The first-order chi connectivity index (χ1) is 15.5. The quantitative estimate of drug-likeness (QED) is 0.635. The molecule has 1 aliphatic heterocycles. The smallest absolute Gasteiger partial charge is 0.277 e. The number of carbonyl (C=O) groups is 2. The molecule has 1 unspecified atom stereocenters. The lowest BCUT2D eigenvalue weighted by Crippen LogP contribution is -2.52. The molecule has 166 valence electrons. The van der Waals surface area contributed by atoms with Crippen LogP contribution in [0.3, 0.4) is 0 Å². The number of carbonyl (C=O) groups excluding carboxylic acids is 2. The fourth-order valence-corrected chi connectivity index (χ4v) is 3.57. The molecule has 2 aromatic carbocycles. The van der Waals surface area contributed by atoms with E-state index in [1.807, 2.05) is 19.1 Å². The van der Waals surface area contributed by atoms with Gasteiger partial charge in [0.2, 0.25) is 5.91 Å². The third kappa shape index (κ3) is 4.41. The van der Waals surface area contributed by atoms with Gasteiger partial charge in [0.15, 0.2) is 23.0 Å². The van der Waals surface area contributed by atoms with Crippen LogP contribution >= 0.6 is 0 Å². The molecule has 1 aliphatic rings. The number of amides is 2. The van der Waals surface area contributed by atoms with Crippen molar-refractivity contribution < 1.29 is 28.0 Å². The van der Waals surface area contributed by atoms with Crippen LogP contribution < -0.4 is 14.8 Å². The number of ether oxygens (including phenoxy) is 2. The lowest BCUT2D eigenvalue weighted by molar-refractivity contribution is -0.128. The number of nitrogens with one attached hydrogen (secondary N) is 1. The van der Waals surface area contributed by atoms with Gasteiger partial charge >= 0.3 is 0 Å². The van der Waals surface area contributed by atoms with E-state index in [9.17, 15) is 14.0 Å². The third-order valence-corrected chi connectivity index (χ3v) is 5.10. The predicted octanol–water partition coefficient (Wildman–Crippen LogP) is 3.02. The zero-order valence-corrected chi connectivity index (χ0v) is 17.6. The molecular formula is C23H22FN3O5. The second kappa shape index (κ2) is 9.09. The van der Waals surface area contributed by atoms with E-state index in [2.05, 4.69) is 10.5 Å². The van der Waals surface area contributed by atoms with Gasteiger partial charge in [-0.3, -0.25) is 9.59 Å². The zero-order valence-electron chi connectivity index (χ0n) is 17.6. The lowest BCUT2D eigenvalue weighted by Gasteiger charge is -2.34. The fourth-order valence-electron chi connectivity index (χ4n) is 3.57. The van der Waals surface area contributed by atoms with E-state index in [0.29, 0.717) is 22.8 Å². The third-order valence-electron chi connectivity index (χ3n) is 5.10. The number of aryl methyl sites for hydroxylation is 1. The average Bonchev–Trinajstić information content (AvgIpc) is 3.26. The Hall–Kier alpha value is -3.88. The average molecular weight is 439 g/mol. The van der Waals surface area contributed by atoms with Crippen molar-refractivity contribution in [3.63, 3.8) is 0 Å². The maximum absolute atomic E-state index is 13.7. The van der Waals surface area contributed by atoms with Crippen molar-refractivity contribution in [1.29, 1.82) is 0 Å². The van der Waals surface area contributed by atoms with Gasteiger partial charge in [-0.25, -0.2) is 4.39 Å². The predicted molar refractivity (Wildman–Crippen MR) is 112 cm³/mol. The van der Waals surface area contributed by atoms with E-state index in [1.54, 1.807) is 19.2 Å². The van der Waals surface area contributed by atoms with Crippen LogP contribution in [-0.4, -0.2) is 42.1 Å². The normalized spacial score (nSPS) is 15.9. The van der Waals surface area contributed by atoms with Gasteiger partial charge in [0.25, 0.3) is 5.91 Å². The van der Waals surface area contributed by atoms with Gasteiger partial charge in [-0.2, -0.15) is 0 Å². The van der Waals surface area contributed by atoms with Crippen molar-refractivity contribution >= 4 is 11.8 Å². The minimum Gasteiger partial charge on any atom is -0.493 e. The first-order valence-corrected chi connectivity index (χ1v) is 10.0. The summed E-state index contributed by atoms with van der Waals surface area (Å²) in [6, 6.07) is 11.7. The topological polar surface area (TPSA) is 93.9 Å². The molecule has 1 atom stereocenters. The van der Waals surface area contributed by atoms with Gasteiger partial charge in [0.05, 0.1) is 7.11 Å². The maximum atomic E-state index is 13.7. The molecule has 0 radical (unpaired) electrons. The van der Waals surface area contributed by atoms with Crippen molar-refractivity contribution in [2.24, 2.45) is 0 Å². The second-order valence-corrected chi connectivity index (χ2v) is 7.37. The van der Waals surface area contributed by atoms with Crippen molar-refractivity contribution in [2.75, 3.05) is 20.2 Å². The number of methoxy groups -OCH3 is 1.